The average Bonchev–Trinajstić information content (AvgIpc) is 2.90. The molecule has 3 rings (SSSR count). The van der Waals surface area contributed by atoms with Crippen LogP contribution in [0.2, 0.25) is 10.0 Å². The number of alkyl halides is 1. The van der Waals surface area contributed by atoms with Gasteiger partial charge in [-0.1, -0.05) is 49.2 Å². The molecular formula is C29H36Cl3NO7. The minimum atomic E-state index is -0.619. The van der Waals surface area contributed by atoms with Gasteiger partial charge < -0.3 is 23.7 Å². The van der Waals surface area contributed by atoms with Crippen LogP contribution in [0.1, 0.15) is 38.8 Å². The topological polar surface area (TPSA) is 83.5 Å². The zero-order valence-electron chi connectivity index (χ0n) is 23.2. The van der Waals surface area contributed by atoms with Crippen molar-refractivity contribution in [1.29, 1.82) is 0 Å². The number of carbonyl (C=O) groups excluding carboxylic acids is 2. The number of ether oxygens (including phenoxy) is 5. The maximum atomic E-state index is 11.6. The normalized spacial score (nSPS) is 15.7. The van der Waals surface area contributed by atoms with Gasteiger partial charge in [0.15, 0.2) is 5.75 Å². The Balaban J connectivity index is 1.66. The summed E-state index contributed by atoms with van der Waals surface area (Å²) >= 11 is 19.0. The molecule has 2 aromatic rings. The summed E-state index contributed by atoms with van der Waals surface area (Å²) in [5, 5.41) is 0.673. The molecule has 0 aliphatic carbocycles. The van der Waals surface area contributed by atoms with E-state index in [0.717, 1.165) is 24.2 Å². The Labute approximate surface area is 250 Å². The molecule has 2 aromatic carbocycles. The van der Waals surface area contributed by atoms with Gasteiger partial charge >= 0.3 is 11.9 Å². The molecule has 0 saturated carbocycles. The van der Waals surface area contributed by atoms with Gasteiger partial charge in [-0.2, -0.15) is 0 Å². The smallest absolute Gasteiger partial charge is 0.303 e. The van der Waals surface area contributed by atoms with Crippen LogP contribution in [0.25, 0.3) is 0 Å². The number of rotatable bonds is 13. The van der Waals surface area contributed by atoms with Gasteiger partial charge in [0, 0.05) is 38.9 Å². The van der Waals surface area contributed by atoms with Crippen LogP contribution in [0.3, 0.4) is 0 Å². The van der Waals surface area contributed by atoms with Crippen molar-refractivity contribution >= 4 is 46.7 Å². The Bertz CT molecular complexity index is 1110. The molecule has 2 atom stereocenters. The van der Waals surface area contributed by atoms with E-state index in [-0.39, 0.29) is 31.2 Å². The summed E-state index contributed by atoms with van der Waals surface area (Å²) in [5.41, 5.74) is 1.46. The minimum absolute atomic E-state index is 0.0253. The third-order valence-corrected chi connectivity index (χ3v) is 7.45. The molecule has 1 aliphatic heterocycles. The Morgan fingerprint density at radius 2 is 1.45 bits per heavy atom. The highest BCUT2D eigenvalue weighted by Gasteiger charge is 2.26. The van der Waals surface area contributed by atoms with Crippen LogP contribution < -0.4 is 9.47 Å². The number of nitrogens with zero attached hydrogens (tertiary/aromatic N) is 1. The quantitative estimate of drug-likeness (QED) is 0.215. The van der Waals surface area contributed by atoms with Crippen LogP contribution in [-0.2, 0) is 29.2 Å². The fourth-order valence-electron chi connectivity index (χ4n) is 4.33. The van der Waals surface area contributed by atoms with Crippen molar-refractivity contribution in [2.45, 2.75) is 45.3 Å². The van der Waals surface area contributed by atoms with E-state index in [0.29, 0.717) is 41.3 Å². The molecule has 0 aromatic heterocycles. The zero-order chi connectivity index (χ0) is 29.3. The Kier molecular flexibility index (Phi) is 12.2. The highest BCUT2D eigenvalue weighted by Crippen LogP contribution is 2.40. The predicted molar refractivity (Wildman–Crippen MR) is 155 cm³/mol. The van der Waals surface area contributed by atoms with Gasteiger partial charge in [-0.05, 0) is 35.4 Å². The van der Waals surface area contributed by atoms with Gasteiger partial charge in [-0.15, -0.1) is 11.6 Å². The van der Waals surface area contributed by atoms with Gasteiger partial charge in [-0.25, -0.2) is 0 Å². The number of esters is 2. The molecule has 220 valence electrons. The Morgan fingerprint density at radius 3 is 2.00 bits per heavy atom. The first-order valence-electron chi connectivity index (χ1n) is 13.1. The fourth-order valence-corrected chi connectivity index (χ4v) is 5.08. The standard InChI is InChI=1S/C29H36Cl3NO7/c1-19(34)39-24(15-30)17-38-28-26(31)13-22(14-27(28)32)29(3,4)21-5-7-23(8-6-21)37-18-25(40-20(2)35)16-33-9-11-36-12-10-33/h5-8,13-14,24-25H,9-12,15-18H2,1-4H3/t24-,25+/m1/s1. The first-order chi connectivity index (χ1) is 19.0. The van der Waals surface area contributed by atoms with Crippen molar-refractivity contribution in [2.24, 2.45) is 0 Å². The monoisotopic (exact) mass is 615 g/mol. The molecule has 40 heavy (non-hydrogen) atoms. The second kappa shape index (κ2) is 15.1. The van der Waals surface area contributed by atoms with Crippen LogP contribution >= 0.6 is 34.8 Å². The van der Waals surface area contributed by atoms with Crippen molar-refractivity contribution in [1.82, 2.24) is 4.90 Å². The fraction of sp³-hybridized carbons (Fsp3) is 0.517. The van der Waals surface area contributed by atoms with Crippen LogP contribution in [0.5, 0.6) is 11.5 Å². The first kappa shape index (κ1) is 32.3. The Hall–Kier alpha value is -2.23. The summed E-state index contributed by atoms with van der Waals surface area (Å²) in [6, 6.07) is 11.4. The minimum Gasteiger partial charge on any atom is -0.490 e. The third kappa shape index (κ3) is 9.42. The number of benzene rings is 2. The maximum Gasteiger partial charge on any atom is 0.303 e. The lowest BCUT2D eigenvalue weighted by molar-refractivity contribution is -0.149. The molecule has 0 unspecified atom stereocenters. The summed E-state index contributed by atoms with van der Waals surface area (Å²) in [5.74, 6) is 0.263. The first-order valence-corrected chi connectivity index (χ1v) is 14.3. The van der Waals surface area contributed by atoms with Gasteiger partial charge in [-0.3, -0.25) is 14.5 Å². The maximum absolute atomic E-state index is 11.6. The van der Waals surface area contributed by atoms with E-state index in [4.69, 9.17) is 58.5 Å². The molecule has 1 aliphatic rings. The number of hydrogen-bond donors (Lipinski definition) is 0. The van der Waals surface area contributed by atoms with Crippen LogP contribution in [0.15, 0.2) is 36.4 Å². The van der Waals surface area contributed by atoms with Crippen LogP contribution in [0, 0.1) is 0 Å². The highest BCUT2D eigenvalue weighted by atomic mass is 35.5. The van der Waals surface area contributed by atoms with Gasteiger partial charge in [0.05, 0.1) is 29.1 Å². The molecule has 11 heteroatoms. The van der Waals surface area contributed by atoms with E-state index >= 15 is 0 Å². The lowest BCUT2D eigenvalue weighted by atomic mass is 9.78. The van der Waals surface area contributed by atoms with Gasteiger partial charge in [0.25, 0.3) is 0 Å². The summed E-state index contributed by atoms with van der Waals surface area (Å²) in [6.45, 7) is 10.6. The van der Waals surface area contributed by atoms with E-state index in [1.165, 1.54) is 13.8 Å². The van der Waals surface area contributed by atoms with Crippen molar-refractivity contribution in [3.63, 3.8) is 0 Å². The van der Waals surface area contributed by atoms with Gasteiger partial charge in [0.2, 0.25) is 0 Å². The second-order valence-corrected chi connectivity index (χ2v) is 11.2. The number of halogens is 3. The van der Waals surface area contributed by atoms with E-state index in [1.807, 2.05) is 36.4 Å². The summed E-state index contributed by atoms with van der Waals surface area (Å²) in [6.07, 6.45) is -1.00. The summed E-state index contributed by atoms with van der Waals surface area (Å²) in [7, 11) is 0. The zero-order valence-corrected chi connectivity index (χ0v) is 25.5. The molecular weight excluding hydrogens is 581 g/mol. The number of morpholine rings is 1. The molecule has 0 spiro atoms. The summed E-state index contributed by atoms with van der Waals surface area (Å²) < 4.78 is 27.7. The van der Waals surface area contributed by atoms with Crippen molar-refractivity contribution in [3.8, 4) is 11.5 Å². The molecule has 1 heterocycles. The SMILES string of the molecule is CC(=O)O[C@H](CCl)COc1c(Cl)cc(C(C)(C)c2ccc(OC[C@H](CN3CCOCC3)OC(C)=O)cc2)cc1Cl. The number of hydrogen-bond acceptors (Lipinski definition) is 8. The molecule has 1 saturated heterocycles. The van der Waals surface area contributed by atoms with Crippen molar-refractivity contribution in [2.75, 3.05) is 51.9 Å². The van der Waals surface area contributed by atoms with Crippen LogP contribution in [0.4, 0.5) is 0 Å². The highest BCUT2D eigenvalue weighted by molar-refractivity contribution is 6.37. The molecule has 0 amide bonds. The lowest BCUT2D eigenvalue weighted by Crippen LogP contribution is -2.43. The molecule has 0 radical (unpaired) electrons. The second-order valence-electron chi connectivity index (χ2n) is 10.1. The molecule has 0 N–H and O–H groups in total. The van der Waals surface area contributed by atoms with Crippen molar-refractivity contribution in [3.05, 3.63) is 57.6 Å². The molecule has 8 nitrogen and oxygen atoms in total. The Morgan fingerprint density at radius 1 is 0.900 bits per heavy atom. The third-order valence-electron chi connectivity index (χ3n) is 6.55. The molecule has 1 fully saturated rings. The lowest BCUT2D eigenvalue weighted by Gasteiger charge is -2.30. The summed E-state index contributed by atoms with van der Waals surface area (Å²) in [4.78, 5) is 25.0. The van der Waals surface area contributed by atoms with E-state index < -0.39 is 17.5 Å². The predicted octanol–water partition coefficient (Wildman–Crippen LogP) is 5.51. The van der Waals surface area contributed by atoms with E-state index in [1.54, 1.807) is 0 Å². The molecule has 0 bridgehead atoms. The average molecular weight is 617 g/mol. The van der Waals surface area contributed by atoms with Crippen molar-refractivity contribution < 1.29 is 33.3 Å². The number of carbonyl (C=O) groups is 2. The largest absolute Gasteiger partial charge is 0.490 e. The van der Waals surface area contributed by atoms with Crippen LogP contribution in [-0.4, -0.2) is 81.0 Å². The van der Waals surface area contributed by atoms with E-state index in [9.17, 15) is 9.59 Å². The van der Waals surface area contributed by atoms with E-state index in [2.05, 4.69) is 18.7 Å². The van der Waals surface area contributed by atoms with Gasteiger partial charge in [0.1, 0.15) is 31.2 Å².